The van der Waals surface area contributed by atoms with E-state index in [2.05, 4.69) is 0 Å². The molecule has 17 heavy (non-hydrogen) atoms. The maximum absolute atomic E-state index is 11.0. The maximum Gasteiger partial charge on any atom is 0.335 e. The maximum atomic E-state index is 11.0. The molecule has 0 saturated carbocycles. The van der Waals surface area contributed by atoms with Gasteiger partial charge in [0.2, 0.25) is 0 Å². The van der Waals surface area contributed by atoms with Crippen LogP contribution in [0.1, 0.15) is 10.4 Å². The number of carboxylic acids is 1. The molecule has 0 heterocycles. The molecule has 2 nitrogen and oxygen atoms in total. The molecule has 2 aliphatic carbocycles. The molecular weight excluding hydrogens is 212 g/mol. The first-order valence-electron chi connectivity index (χ1n) is 5.40. The molecule has 0 radical (unpaired) electrons. The summed E-state index contributed by atoms with van der Waals surface area (Å²) in [5, 5.41) is 11.1. The van der Waals surface area contributed by atoms with Crippen molar-refractivity contribution in [3.63, 3.8) is 0 Å². The molecule has 0 spiro atoms. The zero-order chi connectivity index (χ0) is 11.8. The number of aromatic carboxylic acids is 1. The molecule has 0 unspecified atom stereocenters. The Morgan fingerprint density at radius 2 is 1.71 bits per heavy atom. The van der Waals surface area contributed by atoms with Gasteiger partial charge in [-0.15, -0.1) is 0 Å². The lowest BCUT2D eigenvalue weighted by Crippen LogP contribution is -1.94. The normalized spacial score (nSPS) is 10.8. The first kappa shape index (κ1) is 9.85. The van der Waals surface area contributed by atoms with Gasteiger partial charge in [-0.1, -0.05) is 42.5 Å². The average Bonchev–Trinajstić information content (AvgIpc) is 2.71. The molecule has 0 aromatic heterocycles. The smallest absolute Gasteiger partial charge is 0.335 e. The van der Waals surface area contributed by atoms with Crippen molar-refractivity contribution in [3.8, 4) is 11.1 Å². The van der Waals surface area contributed by atoms with Crippen LogP contribution in [0, 0.1) is 0 Å². The van der Waals surface area contributed by atoms with E-state index in [0.29, 0.717) is 5.56 Å². The summed E-state index contributed by atoms with van der Waals surface area (Å²) in [6, 6.07) is 17.3. The zero-order valence-corrected chi connectivity index (χ0v) is 9.05. The Labute approximate surface area is 98.5 Å². The van der Waals surface area contributed by atoms with Gasteiger partial charge in [0.1, 0.15) is 0 Å². The lowest BCUT2D eigenvalue weighted by atomic mass is 10.0. The van der Waals surface area contributed by atoms with Gasteiger partial charge in [-0.25, -0.2) is 4.79 Å². The Kier molecular flexibility index (Phi) is 2.08. The van der Waals surface area contributed by atoms with Crippen LogP contribution < -0.4 is 0 Å². The van der Waals surface area contributed by atoms with Crippen LogP contribution in [0.25, 0.3) is 21.9 Å². The van der Waals surface area contributed by atoms with Crippen molar-refractivity contribution >= 4 is 16.7 Å². The summed E-state index contributed by atoms with van der Waals surface area (Å²) in [6.45, 7) is 0. The van der Waals surface area contributed by atoms with Crippen LogP contribution in [0.15, 0.2) is 54.6 Å². The van der Waals surface area contributed by atoms with Gasteiger partial charge in [-0.2, -0.15) is 0 Å². The summed E-state index contributed by atoms with van der Waals surface area (Å²) in [6.07, 6.45) is 0. The van der Waals surface area contributed by atoms with Crippen LogP contribution in [0.4, 0.5) is 0 Å². The van der Waals surface area contributed by atoms with Gasteiger partial charge in [-0.05, 0) is 34.0 Å². The molecule has 1 aromatic rings. The van der Waals surface area contributed by atoms with Gasteiger partial charge < -0.3 is 5.11 Å². The van der Waals surface area contributed by atoms with E-state index in [1.165, 1.54) is 0 Å². The molecule has 0 atom stereocenters. The van der Waals surface area contributed by atoms with Crippen molar-refractivity contribution in [1.82, 2.24) is 0 Å². The Hall–Kier alpha value is -2.35. The Morgan fingerprint density at radius 3 is 2.47 bits per heavy atom. The molecule has 1 aromatic carbocycles. The Morgan fingerprint density at radius 1 is 0.941 bits per heavy atom. The third-order valence-electron chi connectivity index (χ3n) is 2.99. The Bertz CT molecular complexity index is 686. The average molecular weight is 222 g/mol. The molecule has 82 valence electrons. The number of rotatable bonds is 1. The second-order valence-electron chi connectivity index (χ2n) is 4.03. The number of hydrogen-bond donors (Lipinski definition) is 1. The highest BCUT2D eigenvalue weighted by atomic mass is 16.4. The quantitative estimate of drug-likeness (QED) is 0.682. The summed E-state index contributed by atoms with van der Waals surface area (Å²) < 4.78 is 0. The van der Waals surface area contributed by atoms with E-state index in [9.17, 15) is 4.79 Å². The minimum absolute atomic E-state index is 0.325. The van der Waals surface area contributed by atoms with E-state index in [4.69, 9.17) is 5.11 Å². The fraction of sp³-hybridized carbons (Fsp3) is 0. The van der Waals surface area contributed by atoms with Crippen LogP contribution in [-0.4, -0.2) is 11.1 Å². The zero-order valence-electron chi connectivity index (χ0n) is 9.05. The summed E-state index contributed by atoms with van der Waals surface area (Å²) in [5.41, 5.74) is 2.54. The molecule has 0 aliphatic heterocycles. The fourth-order valence-corrected chi connectivity index (χ4v) is 2.15. The Balaban J connectivity index is 2.43. The molecular formula is C15H10O2. The van der Waals surface area contributed by atoms with E-state index in [1.54, 1.807) is 12.1 Å². The lowest BCUT2D eigenvalue weighted by Gasteiger charge is -2.00. The number of carboxylic acid groups (broad SMARTS) is 1. The molecule has 2 aliphatic rings. The predicted molar refractivity (Wildman–Crippen MR) is 67.5 cm³/mol. The highest BCUT2D eigenvalue weighted by Gasteiger charge is 2.08. The minimum Gasteiger partial charge on any atom is -0.478 e. The third kappa shape index (κ3) is 1.54. The van der Waals surface area contributed by atoms with Crippen molar-refractivity contribution in [1.29, 1.82) is 0 Å². The van der Waals surface area contributed by atoms with Crippen LogP contribution in [0.5, 0.6) is 0 Å². The SMILES string of the molecule is O=C(O)c1ccc2cccc3cccc-3c2c1. The predicted octanol–water partition coefficient (Wildman–Crippen LogP) is 3.64. The number of hydrogen-bond acceptors (Lipinski definition) is 1. The summed E-state index contributed by atoms with van der Waals surface area (Å²) in [5.74, 6) is -0.891. The standard InChI is InChI=1S/C15H10O2/c16-15(17)12-8-7-11-4-1-3-10-5-2-6-13(10)14(11)9-12/h1-9H,(H,16,17). The van der Waals surface area contributed by atoms with Crippen molar-refractivity contribution in [2.45, 2.75) is 0 Å². The van der Waals surface area contributed by atoms with Crippen molar-refractivity contribution in [2.75, 3.05) is 0 Å². The molecule has 0 bridgehead atoms. The highest BCUT2D eigenvalue weighted by molar-refractivity contribution is 6.01. The van der Waals surface area contributed by atoms with Gasteiger partial charge in [0.05, 0.1) is 5.56 Å². The van der Waals surface area contributed by atoms with E-state index in [0.717, 1.165) is 21.9 Å². The lowest BCUT2D eigenvalue weighted by molar-refractivity contribution is 0.0697. The second-order valence-corrected chi connectivity index (χ2v) is 4.03. The van der Waals surface area contributed by atoms with E-state index < -0.39 is 5.97 Å². The van der Waals surface area contributed by atoms with Gasteiger partial charge in [0.25, 0.3) is 0 Å². The van der Waals surface area contributed by atoms with E-state index in [1.807, 2.05) is 42.5 Å². The third-order valence-corrected chi connectivity index (χ3v) is 2.99. The molecule has 2 heteroatoms. The monoisotopic (exact) mass is 222 g/mol. The highest BCUT2D eigenvalue weighted by Crippen LogP contribution is 2.30. The summed E-state index contributed by atoms with van der Waals surface area (Å²) >= 11 is 0. The largest absolute Gasteiger partial charge is 0.478 e. The number of fused-ring (bicyclic) bond motifs is 3. The van der Waals surface area contributed by atoms with Gasteiger partial charge in [-0.3, -0.25) is 0 Å². The fourth-order valence-electron chi connectivity index (χ4n) is 2.15. The van der Waals surface area contributed by atoms with Crippen molar-refractivity contribution in [3.05, 3.63) is 60.2 Å². The van der Waals surface area contributed by atoms with E-state index >= 15 is 0 Å². The molecule has 0 saturated heterocycles. The summed E-state index contributed by atoms with van der Waals surface area (Å²) in [7, 11) is 0. The molecule has 1 N–H and O–H groups in total. The first-order valence-corrected chi connectivity index (χ1v) is 5.40. The topological polar surface area (TPSA) is 37.3 Å². The van der Waals surface area contributed by atoms with Crippen LogP contribution in [0.3, 0.4) is 0 Å². The van der Waals surface area contributed by atoms with Gasteiger partial charge in [0.15, 0.2) is 0 Å². The number of benzene rings is 1. The first-order chi connectivity index (χ1) is 8.25. The van der Waals surface area contributed by atoms with Gasteiger partial charge in [0, 0.05) is 0 Å². The molecule has 0 fully saturated rings. The van der Waals surface area contributed by atoms with E-state index in [-0.39, 0.29) is 0 Å². The van der Waals surface area contributed by atoms with Crippen molar-refractivity contribution < 1.29 is 9.90 Å². The molecule has 3 rings (SSSR count). The van der Waals surface area contributed by atoms with Crippen LogP contribution in [0.2, 0.25) is 0 Å². The number of carbonyl (C=O) groups is 1. The minimum atomic E-state index is -0.891. The van der Waals surface area contributed by atoms with Crippen LogP contribution in [-0.2, 0) is 0 Å². The van der Waals surface area contributed by atoms with Crippen molar-refractivity contribution in [2.24, 2.45) is 0 Å². The second kappa shape index (κ2) is 3.59. The van der Waals surface area contributed by atoms with Crippen LogP contribution >= 0.6 is 0 Å². The summed E-state index contributed by atoms with van der Waals surface area (Å²) in [4.78, 5) is 11.0. The van der Waals surface area contributed by atoms with Gasteiger partial charge >= 0.3 is 5.97 Å². The molecule has 0 amide bonds.